The molecule has 1 heterocycles. The number of hydrogen-bond acceptors (Lipinski definition) is 5. The zero-order valence-corrected chi connectivity index (χ0v) is 11.5. The molecule has 0 radical (unpaired) electrons. The van der Waals surface area contributed by atoms with Crippen LogP contribution in [0.4, 0.5) is 5.13 Å². The predicted octanol–water partition coefficient (Wildman–Crippen LogP) is 1.02. The van der Waals surface area contributed by atoms with E-state index >= 15 is 0 Å². The molecule has 1 aromatic heterocycles. The minimum absolute atomic E-state index is 0.0410. The van der Waals surface area contributed by atoms with Crippen molar-refractivity contribution >= 4 is 22.4 Å². The zero-order valence-electron chi connectivity index (χ0n) is 10.6. The summed E-state index contributed by atoms with van der Waals surface area (Å²) in [7, 11) is 3.78. The number of anilines is 1. The summed E-state index contributed by atoms with van der Waals surface area (Å²) in [5.41, 5.74) is 0.726. The number of carbonyl (C=O) groups excluding carboxylic acids is 1. The number of hydrogen-bond donors (Lipinski definition) is 2. The monoisotopic (exact) mass is 257 g/mol. The fraction of sp³-hybridized carbons (Fsp3) is 0.636. The molecule has 1 unspecified atom stereocenters. The summed E-state index contributed by atoms with van der Waals surface area (Å²) in [6, 6.07) is -0.188. The second kappa shape index (κ2) is 5.97. The summed E-state index contributed by atoms with van der Waals surface area (Å²) >= 11 is 1.36. The van der Waals surface area contributed by atoms with Crippen LogP contribution in [0.1, 0.15) is 28.7 Å². The average Bonchev–Trinajstić information content (AvgIpc) is 2.68. The van der Waals surface area contributed by atoms with Crippen LogP contribution in [0.25, 0.3) is 0 Å². The summed E-state index contributed by atoms with van der Waals surface area (Å²) in [4.78, 5) is 18.8. The van der Waals surface area contributed by atoms with E-state index < -0.39 is 0 Å². The van der Waals surface area contributed by atoms with Crippen molar-refractivity contribution in [2.24, 2.45) is 0 Å². The standard InChI is InChI=1S/C11H19N3O2S/c1-5-8(6-15)13-10(16)9-7(2)12-11(17-9)14(3)4/h8,15H,5-6H2,1-4H3,(H,13,16). The third kappa shape index (κ3) is 3.41. The van der Waals surface area contributed by atoms with E-state index in [0.717, 1.165) is 10.8 Å². The molecule has 0 aliphatic carbocycles. The third-order valence-electron chi connectivity index (χ3n) is 2.42. The molecular weight excluding hydrogens is 238 g/mol. The van der Waals surface area contributed by atoms with Crippen molar-refractivity contribution < 1.29 is 9.90 Å². The summed E-state index contributed by atoms with van der Waals surface area (Å²) in [5.74, 6) is -0.158. The Bertz CT molecular complexity index is 386. The number of nitrogens with zero attached hydrogens (tertiary/aromatic N) is 2. The first-order valence-corrected chi connectivity index (χ1v) is 6.37. The third-order valence-corrected chi connectivity index (χ3v) is 3.75. The molecule has 1 amide bonds. The molecule has 0 aliphatic heterocycles. The van der Waals surface area contributed by atoms with Gasteiger partial charge in [0.05, 0.1) is 18.3 Å². The maximum Gasteiger partial charge on any atom is 0.263 e. The van der Waals surface area contributed by atoms with Gasteiger partial charge in [-0.1, -0.05) is 18.3 Å². The first kappa shape index (κ1) is 13.9. The summed E-state index contributed by atoms with van der Waals surface area (Å²) in [6.07, 6.45) is 0.709. The van der Waals surface area contributed by atoms with Crippen molar-refractivity contribution in [3.8, 4) is 0 Å². The van der Waals surface area contributed by atoms with Crippen molar-refractivity contribution in [1.29, 1.82) is 0 Å². The molecule has 2 N–H and O–H groups in total. The van der Waals surface area contributed by atoms with Gasteiger partial charge in [0.2, 0.25) is 0 Å². The van der Waals surface area contributed by atoms with E-state index in [0.29, 0.717) is 11.3 Å². The van der Waals surface area contributed by atoms with Crippen LogP contribution in [0.5, 0.6) is 0 Å². The van der Waals surface area contributed by atoms with Crippen molar-refractivity contribution in [3.05, 3.63) is 10.6 Å². The Morgan fingerprint density at radius 3 is 2.65 bits per heavy atom. The van der Waals surface area contributed by atoms with Gasteiger partial charge < -0.3 is 15.3 Å². The average molecular weight is 257 g/mol. The normalized spacial score (nSPS) is 12.3. The quantitative estimate of drug-likeness (QED) is 0.826. The second-order valence-electron chi connectivity index (χ2n) is 4.07. The molecule has 0 aromatic carbocycles. The SMILES string of the molecule is CCC(CO)NC(=O)c1sc(N(C)C)nc1C. The summed E-state index contributed by atoms with van der Waals surface area (Å²) < 4.78 is 0. The predicted molar refractivity (Wildman–Crippen MR) is 69.8 cm³/mol. The molecule has 6 heteroatoms. The van der Waals surface area contributed by atoms with Crippen molar-refractivity contribution in [2.45, 2.75) is 26.3 Å². The van der Waals surface area contributed by atoms with Crippen LogP contribution in [0.3, 0.4) is 0 Å². The van der Waals surface area contributed by atoms with Crippen LogP contribution in [0, 0.1) is 6.92 Å². The van der Waals surface area contributed by atoms with Gasteiger partial charge in [-0.25, -0.2) is 4.98 Å². The van der Waals surface area contributed by atoms with Gasteiger partial charge in [0.1, 0.15) is 4.88 Å². The Hall–Kier alpha value is -1.14. The summed E-state index contributed by atoms with van der Waals surface area (Å²) in [6.45, 7) is 3.70. The van der Waals surface area contributed by atoms with Gasteiger partial charge in [0, 0.05) is 14.1 Å². The van der Waals surface area contributed by atoms with E-state index in [9.17, 15) is 4.79 Å². The fourth-order valence-electron chi connectivity index (χ4n) is 1.31. The Kier molecular flexibility index (Phi) is 4.89. The van der Waals surface area contributed by atoms with Crippen LogP contribution >= 0.6 is 11.3 Å². The lowest BCUT2D eigenvalue weighted by Crippen LogP contribution is -2.36. The van der Waals surface area contributed by atoms with Gasteiger partial charge in [-0.15, -0.1) is 0 Å². The number of rotatable bonds is 5. The van der Waals surface area contributed by atoms with Crippen molar-refractivity contribution in [2.75, 3.05) is 25.6 Å². The highest BCUT2D eigenvalue weighted by Gasteiger charge is 2.18. The molecule has 5 nitrogen and oxygen atoms in total. The number of aliphatic hydroxyl groups is 1. The molecule has 0 aliphatic rings. The van der Waals surface area contributed by atoms with Crippen LogP contribution in [-0.2, 0) is 0 Å². The number of thiazole rings is 1. The van der Waals surface area contributed by atoms with Gasteiger partial charge in [0.25, 0.3) is 5.91 Å². The second-order valence-corrected chi connectivity index (χ2v) is 5.04. The Balaban J connectivity index is 2.81. The highest BCUT2D eigenvalue weighted by molar-refractivity contribution is 7.17. The van der Waals surface area contributed by atoms with E-state index in [1.807, 2.05) is 32.8 Å². The fourth-order valence-corrected chi connectivity index (χ4v) is 2.20. The molecular formula is C11H19N3O2S. The lowest BCUT2D eigenvalue weighted by Gasteiger charge is -2.13. The minimum Gasteiger partial charge on any atom is -0.394 e. The number of nitrogens with one attached hydrogen (secondary N) is 1. The van der Waals surface area contributed by atoms with Crippen LogP contribution in [0.15, 0.2) is 0 Å². The largest absolute Gasteiger partial charge is 0.394 e. The van der Waals surface area contributed by atoms with Gasteiger partial charge in [-0.05, 0) is 13.3 Å². The van der Waals surface area contributed by atoms with Gasteiger partial charge in [0.15, 0.2) is 5.13 Å². The number of aromatic nitrogens is 1. The van der Waals surface area contributed by atoms with E-state index in [1.54, 1.807) is 0 Å². The van der Waals surface area contributed by atoms with Gasteiger partial charge in [-0.2, -0.15) is 0 Å². The molecule has 0 saturated heterocycles. The lowest BCUT2D eigenvalue weighted by atomic mass is 10.2. The maximum absolute atomic E-state index is 12.0. The van der Waals surface area contributed by atoms with Crippen molar-refractivity contribution in [3.63, 3.8) is 0 Å². The first-order chi connectivity index (χ1) is 7.99. The smallest absolute Gasteiger partial charge is 0.263 e. The van der Waals surface area contributed by atoms with E-state index in [-0.39, 0.29) is 18.6 Å². The minimum atomic E-state index is -0.188. The highest BCUT2D eigenvalue weighted by Crippen LogP contribution is 2.24. The highest BCUT2D eigenvalue weighted by atomic mass is 32.1. The Morgan fingerprint density at radius 2 is 2.24 bits per heavy atom. The number of amides is 1. The number of carbonyl (C=O) groups is 1. The molecule has 0 fully saturated rings. The van der Waals surface area contributed by atoms with Crippen LogP contribution < -0.4 is 10.2 Å². The van der Waals surface area contributed by atoms with Crippen LogP contribution in [0.2, 0.25) is 0 Å². The lowest BCUT2D eigenvalue weighted by molar-refractivity contribution is 0.0918. The topological polar surface area (TPSA) is 65.5 Å². The molecule has 96 valence electrons. The van der Waals surface area contributed by atoms with E-state index in [4.69, 9.17) is 5.11 Å². The molecule has 1 aromatic rings. The van der Waals surface area contributed by atoms with E-state index in [2.05, 4.69) is 10.3 Å². The molecule has 0 saturated carbocycles. The number of aliphatic hydroxyl groups excluding tert-OH is 1. The van der Waals surface area contributed by atoms with Gasteiger partial charge >= 0.3 is 0 Å². The molecule has 1 rings (SSSR count). The van der Waals surface area contributed by atoms with E-state index in [1.165, 1.54) is 11.3 Å². The van der Waals surface area contributed by atoms with Crippen molar-refractivity contribution in [1.82, 2.24) is 10.3 Å². The molecule has 0 bridgehead atoms. The first-order valence-electron chi connectivity index (χ1n) is 5.56. The number of aryl methyl sites for hydroxylation is 1. The summed E-state index contributed by atoms with van der Waals surface area (Å²) in [5, 5.41) is 12.6. The van der Waals surface area contributed by atoms with Gasteiger partial charge in [-0.3, -0.25) is 4.79 Å². The molecule has 1 atom stereocenters. The molecule has 17 heavy (non-hydrogen) atoms. The molecule has 0 spiro atoms. The Morgan fingerprint density at radius 1 is 1.59 bits per heavy atom. The van der Waals surface area contributed by atoms with Crippen LogP contribution in [-0.4, -0.2) is 42.7 Å². The Labute approximate surface area is 105 Å². The zero-order chi connectivity index (χ0) is 13.0. The maximum atomic E-state index is 12.0.